The van der Waals surface area contributed by atoms with Gasteiger partial charge in [0.15, 0.2) is 5.96 Å². The van der Waals surface area contributed by atoms with Crippen molar-refractivity contribution in [1.82, 2.24) is 35.0 Å². The first-order valence-corrected chi connectivity index (χ1v) is 9.32. The highest BCUT2D eigenvalue weighted by molar-refractivity contribution is 14.0. The Morgan fingerprint density at radius 2 is 1.96 bits per heavy atom. The van der Waals surface area contributed by atoms with Crippen LogP contribution >= 0.6 is 24.0 Å². The fourth-order valence-corrected chi connectivity index (χ4v) is 3.02. The number of aromatic nitrogens is 4. The van der Waals surface area contributed by atoms with E-state index in [4.69, 9.17) is 9.52 Å². The molecule has 0 aromatic carbocycles. The van der Waals surface area contributed by atoms with E-state index in [1.807, 2.05) is 10.6 Å². The van der Waals surface area contributed by atoms with Crippen molar-refractivity contribution in [2.45, 2.75) is 32.9 Å². The summed E-state index contributed by atoms with van der Waals surface area (Å²) in [6, 6.07) is 1.93. The van der Waals surface area contributed by atoms with Crippen molar-refractivity contribution in [3.63, 3.8) is 0 Å². The Balaban J connectivity index is 0.00000261. The van der Waals surface area contributed by atoms with Crippen LogP contribution in [0.3, 0.4) is 0 Å². The third-order valence-corrected chi connectivity index (χ3v) is 4.44. The van der Waals surface area contributed by atoms with Crippen LogP contribution in [0.1, 0.15) is 25.5 Å². The summed E-state index contributed by atoms with van der Waals surface area (Å²) < 4.78 is 6.91. The third-order valence-electron chi connectivity index (χ3n) is 4.44. The average molecular weight is 488 g/mol. The van der Waals surface area contributed by atoms with Crippen molar-refractivity contribution in [1.29, 1.82) is 0 Å². The fourth-order valence-electron chi connectivity index (χ4n) is 3.02. The second-order valence-electron chi connectivity index (χ2n) is 6.40. The maximum absolute atomic E-state index is 4.91. The number of halogens is 1. The maximum atomic E-state index is 4.91. The van der Waals surface area contributed by atoms with Crippen molar-refractivity contribution < 1.29 is 4.52 Å². The number of nitrogens with one attached hydrogen (secondary N) is 1. The molecule has 10 heteroatoms. The van der Waals surface area contributed by atoms with Gasteiger partial charge in [0.05, 0.1) is 5.69 Å². The normalized spacial score (nSPS) is 15.6. The second kappa shape index (κ2) is 11.9. The Morgan fingerprint density at radius 3 is 2.63 bits per heavy atom. The molecule has 150 valence electrons. The zero-order valence-corrected chi connectivity index (χ0v) is 18.2. The van der Waals surface area contributed by atoms with Crippen LogP contribution in [-0.2, 0) is 13.1 Å². The summed E-state index contributed by atoms with van der Waals surface area (Å²) in [4.78, 5) is 9.55. The molecule has 27 heavy (non-hydrogen) atoms. The predicted octanol–water partition coefficient (Wildman–Crippen LogP) is 1.45. The van der Waals surface area contributed by atoms with E-state index in [-0.39, 0.29) is 24.0 Å². The lowest BCUT2D eigenvalue weighted by Crippen LogP contribution is -2.52. The number of hydrogen-bond donors (Lipinski definition) is 1. The maximum Gasteiger partial charge on any atom is 0.194 e. The van der Waals surface area contributed by atoms with Gasteiger partial charge in [-0.1, -0.05) is 5.16 Å². The summed E-state index contributed by atoms with van der Waals surface area (Å²) in [5.74, 6) is 1.03. The van der Waals surface area contributed by atoms with Gasteiger partial charge in [-0.05, 0) is 19.8 Å². The summed E-state index contributed by atoms with van der Waals surface area (Å²) >= 11 is 0. The Bertz CT molecular complexity index is 638. The predicted molar refractivity (Wildman–Crippen MR) is 114 cm³/mol. The minimum Gasteiger partial charge on any atom is -0.364 e. The lowest BCUT2D eigenvalue weighted by atomic mass is 10.3. The first kappa shape index (κ1) is 21.6. The number of unbranched alkanes of at least 4 members (excludes halogenated alkanes) is 1. The summed E-state index contributed by atoms with van der Waals surface area (Å²) in [6.07, 6.45) is 7.27. The zero-order chi connectivity index (χ0) is 18.0. The zero-order valence-electron chi connectivity index (χ0n) is 15.8. The van der Waals surface area contributed by atoms with E-state index in [0.29, 0.717) is 0 Å². The Labute approximate surface area is 177 Å². The Kier molecular flexibility index (Phi) is 9.53. The van der Waals surface area contributed by atoms with Crippen LogP contribution in [-0.4, -0.2) is 74.9 Å². The first-order chi connectivity index (χ1) is 12.8. The van der Waals surface area contributed by atoms with E-state index < -0.39 is 0 Å². The van der Waals surface area contributed by atoms with Gasteiger partial charge in [-0.3, -0.25) is 9.89 Å². The largest absolute Gasteiger partial charge is 0.364 e. The number of aryl methyl sites for hydroxylation is 1. The van der Waals surface area contributed by atoms with Crippen LogP contribution in [0.25, 0.3) is 0 Å². The summed E-state index contributed by atoms with van der Waals surface area (Å²) in [6.45, 7) is 9.59. The molecule has 1 N–H and O–H groups in total. The lowest BCUT2D eigenvalue weighted by molar-refractivity contribution is 0.169. The van der Waals surface area contributed by atoms with Gasteiger partial charge in [0.1, 0.15) is 18.9 Å². The quantitative estimate of drug-likeness (QED) is 0.261. The summed E-state index contributed by atoms with van der Waals surface area (Å²) in [5, 5.41) is 15.1. The van der Waals surface area contributed by atoms with Crippen molar-refractivity contribution in [2.75, 3.05) is 39.3 Å². The van der Waals surface area contributed by atoms with Crippen molar-refractivity contribution >= 4 is 29.9 Å². The molecule has 0 atom stereocenters. The monoisotopic (exact) mass is 488 g/mol. The highest BCUT2D eigenvalue weighted by Crippen LogP contribution is 2.07. The van der Waals surface area contributed by atoms with Crippen molar-refractivity contribution in [2.24, 2.45) is 4.99 Å². The number of guanidine groups is 1. The molecule has 0 saturated carbocycles. The summed E-state index contributed by atoms with van der Waals surface area (Å²) in [7, 11) is 0. The molecular weight excluding hydrogens is 459 g/mol. The molecule has 0 spiro atoms. The van der Waals surface area contributed by atoms with Crippen LogP contribution in [0, 0.1) is 0 Å². The van der Waals surface area contributed by atoms with Crippen LogP contribution in [0.5, 0.6) is 0 Å². The minimum absolute atomic E-state index is 0. The lowest BCUT2D eigenvalue weighted by Gasteiger charge is -2.36. The molecule has 1 saturated heterocycles. The van der Waals surface area contributed by atoms with Gasteiger partial charge in [-0.2, -0.15) is 0 Å². The Hall–Kier alpha value is -1.69. The molecule has 0 radical (unpaired) electrons. The number of rotatable bonds is 8. The number of nitrogens with zero attached hydrogens (tertiary/aromatic N) is 7. The molecule has 3 heterocycles. The van der Waals surface area contributed by atoms with Gasteiger partial charge >= 0.3 is 0 Å². The van der Waals surface area contributed by atoms with E-state index in [0.717, 1.165) is 76.9 Å². The third kappa shape index (κ3) is 7.09. The van der Waals surface area contributed by atoms with Crippen molar-refractivity contribution in [3.05, 3.63) is 30.7 Å². The second-order valence-corrected chi connectivity index (χ2v) is 6.40. The smallest absolute Gasteiger partial charge is 0.194 e. The van der Waals surface area contributed by atoms with E-state index in [9.17, 15) is 0 Å². The van der Waals surface area contributed by atoms with Gasteiger partial charge in [0, 0.05) is 58.4 Å². The average Bonchev–Trinajstić information content (AvgIpc) is 3.35. The molecule has 1 fully saturated rings. The van der Waals surface area contributed by atoms with E-state index in [1.54, 1.807) is 18.9 Å². The number of hydrogen-bond acceptors (Lipinski definition) is 6. The van der Waals surface area contributed by atoms with Crippen LogP contribution in [0.4, 0.5) is 0 Å². The molecule has 1 aliphatic rings. The Morgan fingerprint density at radius 1 is 1.19 bits per heavy atom. The fraction of sp³-hybridized carbons (Fsp3) is 0.647. The van der Waals surface area contributed by atoms with Gasteiger partial charge in [-0.15, -0.1) is 34.2 Å². The van der Waals surface area contributed by atoms with Gasteiger partial charge in [-0.25, -0.2) is 0 Å². The molecular formula is C17H29IN8O. The topological polar surface area (TPSA) is 87.6 Å². The van der Waals surface area contributed by atoms with Gasteiger partial charge in [0.2, 0.25) is 0 Å². The molecule has 0 aliphatic carbocycles. The highest BCUT2D eigenvalue weighted by Gasteiger charge is 2.20. The SMILES string of the molecule is CCNC(=NCCCCn1cnnc1)N1CCN(Cc2ccon2)CC1.I. The first-order valence-electron chi connectivity index (χ1n) is 9.32. The molecule has 0 bridgehead atoms. The van der Waals surface area contributed by atoms with Crippen LogP contribution in [0.2, 0.25) is 0 Å². The standard InChI is InChI=1S/C17H28N8O.HI/c1-2-18-17(19-6-3-4-7-24-14-20-21-15-24)25-10-8-23(9-11-25)13-16-5-12-26-22-16;/h5,12,14-15H,2-4,6-11,13H2,1H3,(H,18,19);1H. The van der Waals surface area contributed by atoms with Gasteiger partial charge < -0.3 is 19.3 Å². The molecule has 2 aromatic rings. The van der Waals surface area contributed by atoms with E-state index in [1.165, 1.54) is 0 Å². The summed E-state index contributed by atoms with van der Waals surface area (Å²) in [5.41, 5.74) is 0.993. The molecule has 0 amide bonds. The highest BCUT2D eigenvalue weighted by atomic mass is 127. The molecule has 3 rings (SSSR count). The molecule has 1 aliphatic heterocycles. The minimum atomic E-state index is 0. The van der Waals surface area contributed by atoms with Gasteiger partial charge in [0.25, 0.3) is 0 Å². The molecule has 9 nitrogen and oxygen atoms in total. The van der Waals surface area contributed by atoms with Crippen molar-refractivity contribution in [3.8, 4) is 0 Å². The number of piperazine rings is 1. The van der Waals surface area contributed by atoms with E-state index >= 15 is 0 Å². The van der Waals surface area contributed by atoms with Crippen LogP contribution < -0.4 is 5.32 Å². The van der Waals surface area contributed by atoms with E-state index in [2.05, 4.69) is 37.4 Å². The molecule has 2 aromatic heterocycles. The van der Waals surface area contributed by atoms with Crippen LogP contribution in [0.15, 0.2) is 34.5 Å². The molecule has 0 unspecified atom stereocenters. The number of aliphatic imine (C=N–C) groups is 1.